The summed E-state index contributed by atoms with van der Waals surface area (Å²) in [6.07, 6.45) is 4.05. The molecule has 1 aliphatic carbocycles. The summed E-state index contributed by atoms with van der Waals surface area (Å²) >= 11 is 2.62. The number of pyridine rings is 1. The molecule has 0 bridgehead atoms. The van der Waals surface area contributed by atoms with Crippen LogP contribution in [0.4, 0.5) is 0 Å². The third-order valence-corrected chi connectivity index (χ3v) is 16.0. The van der Waals surface area contributed by atoms with Crippen molar-refractivity contribution in [2.24, 2.45) is 0 Å². The van der Waals surface area contributed by atoms with E-state index in [9.17, 15) is 0 Å². The molecular formula is C65H64N4OPt. The van der Waals surface area contributed by atoms with Crippen molar-refractivity contribution < 1.29 is 24.1 Å². The first-order valence-electron chi connectivity index (χ1n) is 25.3. The van der Waals surface area contributed by atoms with Crippen LogP contribution < -0.4 is 4.74 Å². The van der Waals surface area contributed by atoms with E-state index in [4.69, 9.17) is 9.72 Å². The second-order valence-electron chi connectivity index (χ2n) is 22.9. The van der Waals surface area contributed by atoms with Crippen LogP contribution in [-0.2, 0) is 35.6 Å². The zero-order valence-electron chi connectivity index (χ0n) is 42.7. The summed E-state index contributed by atoms with van der Waals surface area (Å²) in [7, 11) is 0. The number of fused-ring (bicyclic) bond motifs is 5. The molecular weight excluding hydrogens is 1050 g/mol. The second-order valence-corrected chi connectivity index (χ2v) is 23.9. The number of para-hydroxylation sites is 2. The second kappa shape index (κ2) is 17.6. The molecule has 0 radical (unpaired) electrons. The molecule has 0 aliphatic heterocycles. The average Bonchev–Trinajstić information content (AvgIpc) is 3.83. The van der Waals surface area contributed by atoms with Gasteiger partial charge in [-0.15, -0.1) is 0 Å². The van der Waals surface area contributed by atoms with Crippen molar-refractivity contribution >= 4 is 32.8 Å². The maximum absolute atomic E-state index is 7.03. The summed E-state index contributed by atoms with van der Waals surface area (Å²) in [5.74, 6) is 2.96. The van der Waals surface area contributed by atoms with Crippen LogP contribution in [0.1, 0.15) is 122 Å². The average molecular weight is 1110 g/mol. The molecule has 0 fully saturated rings. The van der Waals surface area contributed by atoms with Crippen molar-refractivity contribution in [3.8, 4) is 45.3 Å². The van der Waals surface area contributed by atoms with Gasteiger partial charge in [0, 0.05) is 6.20 Å². The molecule has 6 heteroatoms. The van der Waals surface area contributed by atoms with Crippen molar-refractivity contribution in [3.05, 3.63) is 202 Å². The quantitative estimate of drug-likeness (QED) is 0.159. The standard InChI is InChI=1S/C65H64N4O.Pt/c1-42-25-31-56(67-41-68(59-24-18-17-23-58(59)67)62-52(43-19-13-11-14-20-43)36-47(65(8,9)10)37-53(62)44-21-15-12-16-22-44)55-39-48(27-29-50(42)55)70-49-28-30-51-54-35-45(63(2,3)4)26-32-57(54)69(60(51)40-49)61-38-46(33-34-66-61)64(5,6)7;/h11-24,26-30,32-40,42,56H,25,31H2,1-10H3;. The van der Waals surface area contributed by atoms with E-state index < -0.39 is 0 Å². The van der Waals surface area contributed by atoms with Crippen LogP contribution in [0.3, 0.4) is 0 Å². The summed E-state index contributed by atoms with van der Waals surface area (Å²) in [5, 5.41) is 2.40. The van der Waals surface area contributed by atoms with Gasteiger partial charge in [-0.2, -0.15) is 0 Å². The van der Waals surface area contributed by atoms with Gasteiger partial charge in [-0.1, -0.05) is 47.6 Å². The van der Waals surface area contributed by atoms with E-state index in [1.54, 1.807) is 0 Å². The van der Waals surface area contributed by atoms with Crippen LogP contribution in [-0.4, -0.2) is 18.7 Å². The Morgan fingerprint density at radius 3 is 1.73 bits per heavy atom. The fourth-order valence-electron chi connectivity index (χ4n) is 10.9. The summed E-state index contributed by atoms with van der Waals surface area (Å²) in [5.41, 5.74) is 17.1. The SMILES string of the molecule is CC1CCC(n2[c](=[Pt])n(-c3c(-c4ccccc4)cc(C(C)(C)C)cc3-c3ccccc3)c3ccccc32)c2cc(Oc3ccc4c5cc(C(C)(C)C)ccc5n(-c5cc(C(C)(C)C)ccn5)c4c3)ccc21. The number of aromatic nitrogens is 4. The van der Waals surface area contributed by atoms with Crippen LogP contribution in [0.5, 0.6) is 11.5 Å². The van der Waals surface area contributed by atoms with Crippen LogP contribution >= 0.6 is 0 Å². The van der Waals surface area contributed by atoms with Gasteiger partial charge in [0.1, 0.15) is 0 Å². The molecule has 7 aromatic carbocycles. The zero-order valence-corrected chi connectivity index (χ0v) is 45.0. The van der Waals surface area contributed by atoms with Gasteiger partial charge in [-0.3, -0.25) is 0 Å². The predicted molar refractivity (Wildman–Crippen MR) is 292 cm³/mol. The Morgan fingerprint density at radius 1 is 0.493 bits per heavy atom. The van der Waals surface area contributed by atoms with E-state index in [1.165, 1.54) is 77.6 Å². The molecule has 0 N–H and O–H groups in total. The molecule has 0 saturated heterocycles. The molecule has 3 heterocycles. The van der Waals surface area contributed by atoms with E-state index in [2.05, 4.69) is 266 Å². The number of imidazole rings is 1. The summed E-state index contributed by atoms with van der Waals surface area (Å²) < 4.78 is 15.7. The number of rotatable bonds is 7. The van der Waals surface area contributed by atoms with Gasteiger partial charge in [0.05, 0.1) is 0 Å². The third-order valence-electron chi connectivity index (χ3n) is 14.9. The van der Waals surface area contributed by atoms with Crippen molar-refractivity contribution in [1.29, 1.82) is 0 Å². The Bertz CT molecular complexity index is 3660. The Kier molecular flexibility index (Phi) is 11.6. The van der Waals surface area contributed by atoms with E-state index in [1.807, 2.05) is 6.20 Å². The van der Waals surface area contributed by atoms with Gasteiger partial charge < -0.3 is 0 Å². The molecule has 5 nitrogen and oxygen atoms in total. The number of hydrogen-bond donors (Lipinski definition) is 0. The normalized spacial score (nSPS) is 15.4. The van der Waals surface area contributed by atoms with E-state index >= 15 is 0 Å². The first kappa shape index (κ1) is 46.8. The van der Waals surface area contributed by atoms with E-state index in [0.717, 1.165) is 45.0 Å². The van der Waals surface area contributed by atoms with Gasteiger partial charge in [0.25, 0.3) is 0 Å². The number of ether oxygens (including phenoxy) is 1. The molecule has 0 saturated carbocycles. The molecule has 11 rings (SSSR count). The molecule has 3 aromatic heterocycles. The van der Waals surface area contributed by atoms with E-state index in [0.29, 0.717) is 5.92 Å². The number of hydrogen-bond acceptors (Lipinski definition) is 2. The minimum absolute atomic E-state index is 0.0110. The number of nitrogens with zero attached hydrogens (tertiary/aromatic N) is 4. The fourth-order valence-corrected chi connectivity index (χ4v) is 12.0. The predicted octanol–water partition coefficient (Wildman–Crippen LogP) is 17.5. The Morgan fingerprint density at radius 2 is 1.08 bits per heavy atom. The van der Waals surface area contributed by atoms with Crippen LogP contribution in [0.15, 0.2) is 170 Å². The molecule has 360 valence electrons. The molecule has 0 spiro atoms. The van der Waals surface area contributed by atoms with Gasteiger partial charge >= 0.3 is 328 Å². The molecule has 1 aliphatic rings. The molecule has 71 heavy (non-hydrogen) atoms. The summed E-state index contributed by atoms with van der Waals surface area (Å²) in [6, 6.07) is 60.6. The van der Waals surface area contributed by atoms with Crippen LogP contribution in [0.25, 0.3) is 66.6 Å². The molecule has 0 amide bonds. The first-order valence-corrected chi connectivity index (χ1v) is 26.4. The topological polar surface area (TPSA) is 36.9 Å². The summed E-state index contributed by atoms with van der Waals surface area (Å²) in [6.45, 7) is 23.0. The van der Waals surface area contributed by atoms with Crippen LogP contribution in [0, 0.1) is 3.80 Å². The zero-order chi connectivity index (χ0) is 49.6. The van der Waals surface area contributed by atoms with Gasteiger partial charge in [0.15, 0.2) is 0 Å². The van der Waals surface area contributed by atoms with Gasteiger partial charge in [0.2, 0.25) is 0 Å². The van der Waals surface area contributed by atoms with Crippen LogP contribution in [0.2, 0.25) is 0 Å². The van der Waals surface area contributed by atoms with E-state index in [-0.39, 0.29) is 22.3 Å². The molecule has 2 unspecified atom stereocenters. The first-order chi connectivity index (χ1) is 33.9. The summed E-state index contributed by atoms with van der Waals surface area (Å²) in [4.78, 5) is 4.99. The van der Waals surface area contributed by atoms with Crippen molar-refractivity contribution in [2.45, 2.75) is 110 Å². The van der Waals surface area contributed by atoms with Crippen molar-refractivity contribution in [3.63, 3.8) is 0 Å². The Balaban J connectivity index is 1.07. The minimum atomic E-state index is -0.0601. The molecule has 10 aromatic rings. The third kappa shape index (κ3) is 8.44. The van der Waals surface area contributed by atoms with Crippen molar-refractivity contribution in [1.82, 2.24) is 18.7 Å². The van der Waals surface area contributed by atoms with Crippen molar-refractivity contribution in [2.75, 3.05) is 0 Å². The Labute approximate surface area is 430 Å². The monoisotopic (exact) mass is 1110 g/mol. The fraction of sp³-hybridized carbons (Fsp3) is 0.262. The van der Waals surface area contributed by atoms with Gasteiger partial charge in [-0.25, -0.2) is 4.98 Å². The molecule has 2 atom stereocenters. The van der Waals surface area contributed by atoms with Gasteiger partial charge in [-0.05, 0) is 46.2 Å². The maximum atomic E-state index is 7.03. The Hall–Kier alpha value is -6.55. The number of benzene rings is 7.